The Morgan fingerprint density at radius 2 is 1.97 bits per heavy atom. The Kier molecular flexibility index (Phi) is 4.85. The number of esters is 1. The Hall–Kier alpha value is -3.52. The number of benzene rings is 2. The van der Waals surface area contributed by atoms with E-state index in [0.29, 0.717) is 15.8 Å². The predicted molar refractivity (Wildman–Crippen MR) is 109 cm³/mol. The SMILES string of the molecule is COC(=O)Cn1c(=NC(=O)c2cc(=O)c3ccccc3o2)sc2cccc(C)c21. The third-order valence-corrected chi connectivity index (χ3v) is 5.50. The second-order valence-corrected chi connectivity index (χ2v) is 7.37. The minimum atomic E-state index is -0.698. The van der Waals surface area contributed by atoms with Gasteiger partial charge in [-0.05, 0) is 30.7 Å². The second-order valence-electron chi connectivity index (χ2n) is 6.36. The number of nitrogens with zero attached hydrogens (tertiary/aromatic N) is 2. The van der Waals surface area contributed by atoms with Gasteiger partial charge in [-0.2, -0.15) is 4.99 Å². The summed E-state index contributed by atoms with van der Waals surface area (Å²) in [6.07, 6.45) is 0. The third-order valence-electron chi connectivity index (χ3n) is 4.46. The van der Waals surface area contributed by atoms with Crippen LogP contribution in [0.2, 0.25) is 0 Å². The number of fused-ring (bicyclic) bond motifs is 2. The molecule has 29 heavy (non-hydrogen) atoms. The lowest BCUT2D eigenvalue weighted by atomic mass is 10.2. The van der Waals surface area contributed by atoms with Gasteiger partial charge < -0.3 is 13.7 Å². The molecule has 0 aliphatic carbocycles. The van der Waals surface area contributed by atoms with Crippen LogP contribution in [0.4, 0.5) is 0 Å². The van der Waals surface area contributed by atoms with E-state index in [9.17, 15) is 14.4 Å². The van der Waals surface area contributed by atoms with Crippen LogP contribution in [0.15, 0.2) is 62.7 Å². The van der Waals surface area contributed by atoms with Crippen molar-refractivity contribution in [3.05, 3.63) is 74.9 Å². The number of aromatic nitrogens is 1. The fourth-order valence-electron chi connectivity index (χ4n) is 3.08. The first-order valence-electron chi connectivity index (χ1n) is 8.75. The van der Waals surface area contributed by atoms with E-state index in [-0.39, 0.29) is 17.7 Å². The zero-order valence-electron chi connectivity index (χ0n) is 15.7. The van der Waals surface area contributed by atoms with E-state index in [1.54, 1.807) is 28.8 Å². The van der Waals surface area contributed by atoms with Crippen LogP contribution in [-0.4, -0.2) is 23.6 Å². The molecule has 0 fully saturated rings. The Morgan fingerprint density at radius 1 is 1.17 bits per heavy atom. The first kappa shape index (κ1) is 18.8. The molecule has 2 aromatic carbocycles. The van der Waals surface area contributed by atoms with Gasteiger partial charge in [-0.25, -0.2) is 0 Å². The summed E-state index contributed by atoms with van der Waals surface area (Å²) < 4.78 is 12.9. The molecule has 2 aromatic heterocycles. The maximum absolute atomic E-state index is 12.8. The highest BCUT2D eigenvalue weighted by atomic mass is 32.1. The molecule has 0 aliphatic rings. The topological polar surface area (TPSA) is 90.9 Å². The van der Waals surface area contributed by atoms with Crippen molar-refractivity contribution in [2.75, 3.05) is 7.11 Å². The number of para-hydroxylation sites is 2. The van der Waals surface area contributed by atoms with E-state index in [1.807, 2.05) is 25.1 Å². The van der Waals surface area contributed by atoms with Crippen molar-refractivity contribution >= 4 is 44.4 Å². The molecule has 0 atom stereocenters. The lowest BCUT2D eigenvalue weighted by Crippen LogP contribution is -2.23. The van der Waals surface area contributed by atoms with Crippen LogP contribution >= 0.6 is 11.3 Å². The van der Waals surface area contributed by atoms with Gasteiger partial charge in [0.15, 0.2) is 16.0 Å². The van der Waals surface area contributed by atoms with E-state index in [2.05, 4.69) is 4.99 Å². The van der Waals surface area contributed by atoms with Gasteiger partial charge in [-0.3, -0.25) is 14.4 Å². The minimum Gasteiger partial charge on any atom is -0.468 e. The number of carbonyl (C=O) groups is 2. The Morgan fingerprint density at radius 3 is 2.76 bits per heavy atom. The number of hydrogen-bond donors (Lipinski definition) is 0. The standard InChI is InChI=1S/C21H16N2O5S/c1-12-6-5-9-17-19(12)23(11-18(25)27-2)21(29-17)22-20(26)16-10-14(24)13-7-3-4-8-15(13)28-16/h3-10H,11H2,1-2H3. The molecular formula is C21H16N2O5S. The molecule has 0 spiro atoms. The number of ether oxygens (including phenoxy) is 1. The molecule has 2 heterocycles. The monoisotopic (exact) mass is 408 g/mol. The van der Waals surface area contributed by atoms with E-state index in [1.165, 1.54) is 18.4 Å². The van der Waals surface area contributed by atoms with E-state index in [4.69, 9.17) is 9.15 Å². The van der Waals surface area contributed by atoms with Crippen LogP contribution in [0, 0.1) is 6.92 Å². The van der Waals surface area contributed by atoms with Crippen molar-refractivity contribution in [1.82, 2.24) is 4.57 Å². The molecule has 0 saturated heterocycles. The normalized spacial score (nSPS) is 11.9. The van der Waals surface area contributed by atoms with Crippen LogP contribution in [-0.2, 0) is 16.1 Å². The lowest BCUT2D eigenvalue weighted by Gasteiger charge is -2.05. The number of hydrogen-bond acceptors (Lipinski definition) is 6. The maximum atomic E-state index is 12.8. The van der Waals surface area contributed by atoms with Gasteiger partial charge in [-0.1, -0.05) is 35.6 Å². The molecule has 1 amide bonds. The number of thiazole rings is 1. The number of carbonyl (C=O) groups excluding carboxylic acids is 2. The summed E-state index contributed by atoms with van der Waals surface area (Å²) >= 11 is 1.27. The summed E-state index contributed by atoms with van der Waals surface area (Å²) in [6.45, 7) is 1.83. The summed E-state index contributed by atoms with van der Waals surface area (Å²) in [7, 11) is 1.30. The fraction of sp³-hybridized carbons (Fsp3) is 0.143. The summed E-state index contributed by atoms with van der Waals surface area (Å²) in [4.78, 5) is 41.4. The van der Waals surface area contributed by atoms with E-state index >= 15 is 0 Å². The third kappa shape index (κ3) is 3.50. The van der Waals surface area contributed by atoms with Crippen molar-refractivity contribution < 1.29 is 18.7 Å². The molecule has 146 valence electrons. The quantitative estimate of drug-likeness (QED) is 0.486. The first-order chi connectivity index (χ1) is 14.0. The lowest BCUT2D eigenvalue weighted by molar-refractivity contribution is -0.141. The summed E-state index contributed by atoms with van der Waals surface area (Å²) in [5.74, 6) is -1.32. The van der Waals surface area contributed by atoms with Gasteiger partial charge in [0.2, 0.25) is 0 Å². The van der Waals surface area contributed by atoms with Crippen molar-refractivity contribution in [2.24, 2.45) is 4.99 Å². The van der Waals surface area contributed by atoms with Gasteiger partial charge in [0.25, 0.3) is 0 Å². The first-order valence-corrected chi connectivity index (χ1v) is 9.57. The van der Waals surface area contributed by atoms with Gasteiger partial charge in [-0.15, -0.1) is 0 Å². The Balaban J connectivity index is 1.89. The predicted octanol–water partition coefficient (Wildman–Crippen LogP) is 3.03. The van der Waals surface area contributed by atoms with Gasteiger partial charge in [0, 0.05) is 6.07 Å². The van der Waals surface area contributed by atoms with E-state index < -0.39 is 11.9 Å². The molecule has 4 aromatic rings. The molecule has 0 N–H and O–H groups in total. The summed E-state index contributed by atoms with van der Waals surface area (Å²) in [6, 6.07) is 13.5. The zero-order chi connectivity index (χ0) is 20.5. The van der Waals surface area contributed by atoms with Gasteiger partial charge in [0.1, 0.15) is 12.1 Å². The van der Waals surface area contributed by atoms with Crippen LogP contribution in [0.3, 0.4) is 0 Å². The molecule has 0 aliphatic heterocycles. The van der Waals surface area contributed by atoms with Crippen molar-refractivity contribution in [3.63, 3.8) is 0 Å². The molecular weight excluding hydrogens is 392 g/mol. The highest BCUT2D eigenvalue weighted by molar-refractivity contribution is 7.16. The molecule has 0 saturated carbocycles. The molecule has 7 nitrogen and oxygen atoms in total. The molecule has 0 bridgehead atoms. The molecule has 8 heteroatoms. The zero-order valence-corrected chi connectivity index (χ0v) is 16.5. The maximum Gasteiger partial charge on any atom is 0.325 e. The Bertz CT molecular complexity index is 1390. The van der Waals surface area contributed by atoms with Crippen molar-refractivity contribution in [1.29, 1.82) is 0 Å². The largest absolute Gasteiger partial charge is 0.468 e. The number of methoxy groups -OCH3 is 1. The highest BCUT2D eigenvalue weighted by Crippen LogP contribution is 2.21. The summed E-state index contributed by atoms with van der Waals surface area (Å²) in [5.41, 5.74) is 1.73. The minimum absolute atomic E-state index is 0.0882. The smallest absolute Gasteiger partial charge is 0.325 e. The van der Waals surface area contributed by atoms with Crippen LogP contribution in [0.5, 0.6) is 0 Å². The number of amides is 1. The molecule has 0 radical (unpaired) electrons. The van der Waals surface area contributed by atoms with Crippen LogP contribution in [0.25, 0.3) is 21.2 Å². The molecule has 0 unspecified atom stereocenters. The van der Waals surface area contributed by atoms with Crippen molar-refractivity contribution in [3.8, 4) is 0 Å². The number of aryl methyl sites for hydroxylation is 1. The Labute approximate surface area is 168 Å². The summed E-state index contributed by atoms with van der Waals surface area (Å²) in [5, 5.41) is 0.391. The van der Waals surface area contributed by atoms with Crippen LogP contribution in [0.1, 0.15) is 16.1 Å². The molecule has 4 rings (SSSR count). The average molecular weight is 408 g/mol. The van der Waals surface area contributed by atoms with Crippen molar-refractivity contribution in [2.45, 2.75) is 13.5 Å². The van der Waals surface area contributed by atoms with Gasteiger partial charge >= 0.3 is 11.9 Å². The van der Waals surface area contributed by atoms with Crippen LogP contribution < -0.4 is 10.2 Å². The van der Waals surface area contributed by atoms with E-state index in [0.717, 1.165) is 21.8 Å². The average Bonchev–Trinajstić information content (AvgIpc) is 3.06. The second kappa shape index (κ2) is 7.48. The number of rotatable bonds is 3. The highest BCUT2D eigenvalue weighted by Gasteiger charge is 2.16. The van der Waals surface area contributed by atoms with Gasteiger partial charge in [0.05, 0.1) is 22.7 Å². The fourth-order valence-corrected chi connectivity index (χ4v) is 4.19.